The third kappa shape index (κ3) is 4.36. The van der Waals surface area contributed by atoms with E-state index < -0.39 is 11.2 Å². The summed E-state index contributed by atoms with van der Waals surface area (Å²) in [6, 6.07) is 11.6. The maximum atomic E-state index is 12.2. The van der Waals surface area contributed by atoms with Gasteiger partial charge in [-0.05, 0) is 35.9 Å². The van der Waals surface area contributed by atoms with Gasteiger partial charge in [-0.25, -0.2) is 4.79 Å². The molecular formula is C18H15ClN2O4S. The van der Waals surface area contributed by atoms with Crippen LogP contribution >= 0.6 is 23.4 Å². The lowest BCUT2D eigenvalue weighted by Gasteiger charge is -2.23. The Morgan fingerprint density at radius 1 is 1.23 bits per heavy atom. The molecule has 0 radical (unpaired) electrons. The molecule has 0 spiro atoms. The summed E-state index contributed by atoms with van der Waals surface area (Å²) in [5, 5.41) is 14.5. The SMILES string of the molecule is O=C(CC1Sc2ccc(Cl)cc2NC1=O)NCc1cccc(C(=O)O)c1. The second-order valence-corrected chi connectivity index (χ2v) is 7.40. The van der Waals surface area contributed by atoms with Crippen molar-refractivity contribution < 1.29 is 19.5 Å². The smallest absolute Gasteiger partial charge is 0.335 e. The zero-order valence-corrected chi connectivity index (χ0v) is 15.1. The highest BCUT2D eigenvalue weighted by Gasteiger charge is 2.29. The van der Waals surface area contributed by atoms with Crippen LogP contribution in [0.15, 0.2) is 47.4 Å². The fourth-order valence-corrected chi connectivity index (χ4v) is 3.78. The van der Waals surface area contributed by atoms with Gasteiger partial charge in [0.2, 0.25) is 11.8 Å². The summed E-state index contributed by atoms with van der Waals surface area (Å²) in [5.74, 6) is -1.55. The number of amides is 2. The Bertz CT molecular complexity index is 887. The molecular weight excluding hydrogens is 376 g/mol. The number of rotatable bonds is 5. The summed E-state index contributed by atoms with van der Waals surface area (Å²) in [4.78, 5) is 36.2. The van der Waals surface area contributed by atoms with E-state index >= 15 is 0 Å². The number of carboxylic acid groups (broad SMARTS) is 1. The monoisotopic (exact) mass is 390 g/mol. The lowest BCUT2D eigenvalue weighted by molar-refractivity contribution is -0.124. The second-order valence-electron chi connectivity index (χ2n) is 5.72. The Labute approximate surface area is 158 Å². The van der Waals surface area contributed by atoms with Gasteiger partial charge in [0.05, 0.1) is 16.5 Å². The fourth-order valence-electron chi connectivity index (χ4n) is 2.51. The summed E-state index contributed by atoms with van der Waals surface area (Å²) in [6.07, 6.45) is 0.0250. The van der Waals surface area contributed by atoms with E-state index in [-0.39, 0.29) is 30.3 Å². The lowest BCUT2D eigenvalue weighted by atomic mass is 10.1. The highest BCUT2D eigenvalue weighted by Crippen LogP contribution is 2.38. The van der Waals surface area contributed by atoms with E-state index in [4.69, 9.17) is 16.7 Å². The lowest BCUT2D eigenvalue weighted by Crippen LogP contribution is -2.34. The summed E-state index contributed by atoms with van der Waals surface area (Å²) in [6.45, 7) is 0.200. The molecule has 134 valence electrons. The van der Waals surface area contributed by atoms with Crippen molar-refractivity contribution in [2.75, 3.05) is 5.32 Å². The highest BCUT2D eigenvalue weighted by molar-refractivity contribution is 8.01. The summed E-state index contributed by atoms with van der Waals surface area (Å²) in [7, 11) is 0. The van der Waals surface area contributed by atoms with Gasteiger partial charge in [-0.3, -0.25) is 9.59 Å². The number of benzene rings is 2. The molecule has 3 N–H and O–H groups in total. The standard InChI is InChI=1S/C18H15ClN2O4S/c19-12-4-5-14-13(7-12)21-17(23)15(26-14)8-16(22)20-9-10-2-1-3-11(6-10)18(24)25/h1-7,15H,8-9H2,(H,20,22)(H,21,23)(H,24,25). The number of aromatic carboxylic acids is 1. The third-order valence-corrected chi connectivity index (χ3v) is 5.31. The largest absolute Gasteiger partial charge is 0.478 e. The van der Waals surface area contributed by atoms with E-state index in [0.29, 0.717) is 16.3 Å². The first-order valence-electron chi connectivity index (χ1n) is 7.78. The van der Waals surface area contributed by atoms with Crippen molar-refractivity contribution in [1.82, 2.24) is 5.32 Å². The van der Waals surface area contributed by atoms with Crippen LogP contribution < -0.4 is 10.6 Å². The topological polar surface area (TPSA) is 95.5 Å². The number of hydrogen-bond acceptors (Lipinski definition) is 4. The fraction of sp³-hybridized carbons (Fsp3) is 0.167. The van der Waals surface area contributed by atoms with Crippen LogP contribution in [0.1, 0.15) is 22.3 Å². The molecule has 3 rings (SSSR count). The summed E-state index contributed by atoms with van der Waals surface area (Å²) < 4.78 is 0. The minimum Gasteiger partial charge on any atom is -0.478 e. The molecule has 1 heterocycles. The van der Waals surface area contributed by atoms with Crippen LogP contribution in [-0.4, -0.2) is 28.1 Å². The van der Waals surface area contributed by atoms with Crippen molar-refractivity contribution in [2.24, 2.45) is 0 Å². The van der Waals surface area contributed by atoms with Gasteiger partial charge in [0.15, 0.2) is 0 Å². The first-order valence-corrected chi connectivity index (χ1v) is 9.04. The molecule has 26 heavy (non-hydrogen) atoms. The van der Waals surface area contributed by atoms with Crippen molar-refractivity contribution in [2.45, 2.75) is 23.1 Å². The number of carboxylic acids is 1. The first kappa shape index (κ1) is 18.3. The third-order valence-electron chi connectivity index (χ3n) is 3.80. The average Bonchev–Trinajstić information content (AvgIpc) is 2.61. The zero-order valence-electron chi connectivity index (χ0n) is 13.5. The minimum absolute atomic E-state index is 0.0250. The average molecular weight is 391 g/mol. The molecule has 8 heteroatoms. The van der Waals surface area contributed by atoms with E-state index in [1.165, 1.54) is 23.9 Å². The van der Waals surface area contributed by atoms with Crippen LogP contribution in [0.2, 0.25) is 5.02 Å². The van der Waals surface area contributed by atoms with E-state index in [1.54, 1.807) is 24.3 Å². The normalized spacial score (nSPS) is 15.7. The molecule has 6 nitrogen and oxygen atoms in total. The van der Waals surface area contributed by atoms with Crippen LogP contribution in [0, 0.1) is 0 Å². The van der Waals surface area contributed by atoms with Gasteiger partial charge in [-0.1, -0.05) is 23.7 Å². The van der Waals surface area contributed by atoms with E-state index in [2.05, 4.69) is 10.6 Å². The molecule has 1 atom stereocenters. The van der Waals surface area contributed by atoms with Crippen LogP contribution in [0.5, 0.6) is 0 Å². The van der Waals surface area contributed by atoms with Crippen LogP contribution in [0.3, 0.4) is 0 Å². The number of halogens is 1. The molecule has 0 saturated carbocycles. The van der Waals surface area contributed by atoms with E-state index in [1.807, 2.05) is 6.07 Å². The second kappa shape index (κ2) is 7.80. The van der Waals surface area contributed by atoms with Gasteiger partial charge in [0.1, 0.15) is 0 Å². The molecule has 0 fully saturated rings. The molecule has 0 aliphatic carbocycles. The number of fused-ring (bicyclic) bond motifs is 1. The quantitative estimate of drug-likeness (QED) is 0.728. The summed E-state index contributed by atoms with van der Waals surface area (Å²) >= 11 is 7.23. The molecule has 1 unspecified atom stereocenters. The minimum atomic E-state index is -1.02. The number of carbonyl (C=O) groups excluding carboxylic acids is 2. The summed E-state index contributed by atoms with van der Waals surface area (Å²) in [5.41, 5.74) is 1.49. The molecule has 0 saturated heterocycles. The molecule has 0 aromatic heterocycles. The number of thioether (sulfide) groups is 1. The Balaban J connectivity index is 1.58. The van der Waals surface area contributed by atoms with E-state index in [0.717, 1.165) is 4.90 Å². The van der Waals surface area contributed by atoms with Gasteiger partial charge >= 0.3 is 5.97 Å². The Kier molecular flexibility index (Phi) is 5.49. The maximum absolute atomic E-state index is 12.2. The maximum Gasteiger partial charge on any atom is 0.335 e. The molecule has 2 aromatic carbocycles. The number of anilines is 1. The van der Waals surface area contributed by atoms with Crippen LogP contribution in [-0.2, 0) is 16.1 Å². The Morgan fingerprint density at radius 2 is 2.04 bits per heavy atom. The number of hydrogen-bond donors (Lipinski definition) is 3. The molecule has 0 bridgehead atoms. The van der Waals surface area contributed by atoms with Gasteiger partial charge < -0.3 is 15.7 Å². The molecule has 1 aliphatic rings. The van der Waals surface area contributed by atoms with Crippen LogP contribution in [0.25, 0.3) is 0 Å². The predicted molar refractivity (Wildman–Crippen MR) is 99.6 cm³/mol. The Hall–Kier alpha value is -2.51. The first-order chi connectivity index (χ1) is 12.4. The molecule has 2 aromatic rings. The number of carbonyl (C=O) groups is 3. The van der Waals surface area contributed by atoms with Crippen molar-refractivity contribution in [3.63, 3.8) is 0 Å². The van der Waals surface area contributed by atoms with Gasteiger partial charge in [0, 0.05) is 22.9 Å². The zero-order chi connectivity index (χ0) is 18.7. The predicted octanol–water partition coefficient (Wildman–Crippen LogP) is 3.16. The van der Waals surface area contributed by atoms with Crippen molar-refractivity contribution in [3.05, 3.63) is 58.6 Å². The van der Waals surface area contributed by atoms with Crippen molar-refractivity contribution in [1.29, 1.82) is 0 Å². The number of nitrogens with one attached hydrogen (secondary N) is 2. The van der Waals surface area contributed by atoms with Crippen LogP contribution in [0.4, 0.5) is 5.69 Å². The molecule has 1 aliphatic heterocycles. The van der Waals surface area contributed by atoms with Crippen molar-refractivity contribution in [3.8, 4) is 0 Å². The van der Waals surface area contributed by atoms with Gasteiger partial charge in [0.25, 0.3) is 0 Å². The Morgan fingerprint density at radius 3 is 2.81 bits per heavy atom. The van der Waals surface area contributed by atoms with Gasteiger partial charge in [-0.15, -0.1) is 11.8 Å². The highest BCUT2D eigenvalue weighted by atomic mass is 35.5. The molecule has 2 amide bonds. The van der Waals surface area contributed by atoms with Gasteiger partial charge in [-0.2, -0.15) is 0 Å². The van der Waals surface area contributed by atoms with E-state index in [9.17, 15) is 14.4 Å². The van der Waals surface area contributed by atoms with Crippen molar-refractivity contribution >= 4 is 46.8 Å².